The number of phenolic OH excluding ortho intramolecular Hbond substituents is 2. The van der Waals surface area contributed by atoms with Crippen molar-refractivity contribution in [3.63, 3.8) is 0 Å². The first-order valence-corrected chi connectivity index (χ1v) is 4.02. The van der Waals surface area contributed by atoms with Crippen LogP contribution in [-0.2, 0) is 4.79 Å². The highest BCUT2D eigenvalue weighted by atomic mass is 16.4. The number of carboxylic acids is 1. The molecule has 4 N–H and O–H groups in total. The number of benzene rings is 1. The first-order valence-electron chi connectivity index (χ1n) is 4.02. The van der Waals surface area contributed by atoms with E-state index in [4.69, 9.17) is 15.3 Å². The first-order chi connectivity index (χ1) is 6.50. The van der Waals surface area contributed by atoms with Gasteiger partial charge in [0, 0.05) is 11.8 Å². The second-order valence-electron chi connectivity index (χ2n) is 2.91. The van der Waals surface area contributed by atoms with Crippen LogP contribution in [0.25, 0.3) is 0 Å². The lowest BCUT2D eigenvalue weighted by molar-refractivity contribution is -0.137. The maximum absolute atomic E-state index is 10.5. The molecule has 0 spiro atoms. The Labute approximate surface area is 80.6 Å². The molecule has 0 saturated heterocycles. The fourth-order valence-corrected chi connectivity index (χ4v) is 0.925. The van der Waals surface area contributed by atoms with Crippen LogP contribution in [-0.4, -0.2) is 27.3 Å². The van der Waals surface area contributed by atoms with Crippen molar-refractivity contribution in [3.05, 3.63) is 18.2 Å². The third-order valence-corrected chi connectivity index (χ3v) is 1.73. The third kappa shape index (κ3) is 2.29. The Kier molecular flexibility index (Phi) is 2.81. The molecule has 5 heteroatoms. The van der Waals surface area contributed by atoms with Crippen LogP contribution in [0.3, 0.4) is 0 Å². The minimum Gasteiger partial charge on any atom is -0.504 e. The van der Waals surface area contributed by atoms with Crippen LogP contribution in [0.1, 0.15) is 6.92 Å². The molecule has 0 saturated carbocycles. The second-order valence-corrected chi connectivity index (χ2v) is 2.91. The molecule has 0 amide bonds. The number of rotatable bonds is 3. The zero-order valence-corrected chi connectivity index (χ0v) is 7.56. The average molecular weight is 197 g/mol. The summed E-state index contributed by atoms with van der Waals surface area (Å²) in [6, 6.07) is 3.27. The highest BCUT2D eigenvalue weighted by Gasteiger charge is 2.10. The summed E-state index contributed by atoms with van der Waals surface area (Å²) in [5, 5.41) is 29.3. The molecule has 0 aliphatic rings. The molecule has 0 unspecified atom stereocenters. The quantitative estimate of drug-likeness (QED) is 0.428. The SMILES string of the molecule is C[C@@H](Nc1ccc(O)c(O)c1)C(=O)O. The minimum absolute atomic E-state index is 0.237. The number of hydrogen-bond acceptors (Lipinski definition) is 4. The molecule has 1 aromatic rings. The van der Waals surface area contributed by atoms with E-state index in [0.29, 0.717) is 5.69 Å². The topological polar surface area (TPSA) is 89.8 Å². The number of anilines is 1. The Hall–Kier alpha value is -1.91. The predicted molar refractivity (Wildman–Crippen MR) is 50.5 cm³/mol. The molecular weight excluding hydrogens is 186 g/mol. The van der Waals surface area contributed by atoms with Gasteiger partial charge >= 0.3 is 5.97 Å². The van der Waals surface area contributed by atoms with Crippen LogP contribution in [0.4, 0.5) is 5.69 Å². The number of aliphatic carboxylic acids is 1. The van der Waals surface area contributed by atoms with Crippen LogP contribution in [0.2, 0.25) is 0 Å². The van der Waals surface area contributed by atoms with Crippen molar-refractivity contribution >= 4 is 11.7 Å². The van der Waals surface area contributed by atoms with E-state index in [0.717, 1.165) is 0 Å². The highest BCUT2D eigenvalue weighted by Crippen LogP contribution is 2.27. The van der Waals surface area contributed by atoms with Gasteiger partial charge in [0.2, 0.25) is 0 Å². The Morgan fingerprint density at radius 2 is 2.00 bits per heavy atom. The van der Waals surface area contributed by atoms with Crippen molar-refractivity contribution in [2.75, 3.05) is 5.32 Å². The van der Waals surface area contributed by atoms with Crippen molar-refractivity contribution in [2.24, 2.45) is 0 Å². The van der Waals surface area contributed by atoms with Crippen LogP contribution in [0.15, 0.2) is 18.2 Å². The van der Waals surface area contributed by atoms with E-state index in [1.54, 1.807) is 0 Å². The van der Waals surface area contributed by atoms with Gasteiger partial charge in [-0.2, -0.15) is 0 Å². The Balaban J connectivity index is 2.78. The Morgan fingerprint density at radius 3 is 2.50 bits per heavy atom. The zero-order chi connectivity index (χ0) is 10.7. The molecule has 0 aliphatic heterocycles. The van der Waals surface area contributed by atoms with Gasteiger partial charge in [-0.3, -0.25) is 4.79 Å². The fourth-order valence-electron chi connectivity index (χ4n) is 0.925. The van der Waals surface area contributed by atoms with E-state index in [1.807, 2.05) is 0 Å². The van der Waals surface area contributed by atoms with Crippen molar-refractivity contribution in [1.82, 2.24) is 0 Å². The summed E-state index contributed by atoms with van der Waals surface area (Å²) in [6.45, 7) is 1.48. The van der Waals surface area contributed by atoms with E-state index in [9.17, 15) is 4.79 Å². The minimum atomic E-state index is -0.988. The number of carbonyl (C=O) groups is 1. The van der Waals surface area contributed by atoms with E-state index in [1.165, 1.54) is 25.1 Å². The standard InChI is InChI=1S/C9H11NO4/c1-5(9(13)14)10-6-2-3-7(11)8(12)4-6/h2-5,10-12H,1H3,(H,13,14)/t5-/m1/s1. The van der Waals surface area contributed by atoms with E-state index in [-0.39, 0.29) is 11.5 Å². The number of aromatic hydroxyl groups is 2. The van der Waals surface area contributed by atoms with Crippen LogP contribution < -0.4 is 5.32 Å². The molecule has 0 aliphatic carbocycles. The van der Waals surface area contributed by atoms with Crippen molar-refractivity contribution in [2.45, 2.75) is 13.0 Å². The lowest BCUT2D eigenvalue weighted by atomic mass is 10.2. The molecule has 1 aromatic carbocycles. The number of carboxylic acid groups (broad SMARTS) is 1. The van der Waals surface area contributed by atoms with Crippen LogP contribution in [0, 0.1) is 0 Å². The van der Waals surface area contributed by atoms with Gasteiger partial charge in [-0.15, -0.1) is 0 Å². The third-order valence-electron chi connectivity index (χ3n) is 1.73. The lowest BCUT2D eigenvalue weighted by Gasteiger charge is -2.10. The fraction of sp³-hybridized carbons (Fsp3) is 0.222. The molecule has 0 bridgehead atoms. The van der Waals surface area contributed by atoms with Crippen molar-refractivity contribution < 1.29 is 20.1 Å². The second kappa shape index (κ2) is 3.87. The van der Waals surface area contributed by atoms with E-state index >= 15 is 0 Å². The molecule has 76 valence electrons. The monoisotopic (exact) mass is 197 g/mol. The van der Waals surface area contributed by atoms with Gasteiger partial charge in [0.1, 0.15) is 6.04 Å². The summed E-state index contributed by atoms with van der Waals surface area (Å²) in [6.07, 6.45) is 0. The van der Waals surface area contributed by atoms with Crippen molar-refractivity contribution in [1.29, 1.82) is 0 Å². The molecule has 1 rings (SSSR count). The number of nitrogens with one attached hydrogen (secondary N) is 1. The summed E-state index contributed by atoms with van der Waals surface area (Å²) in [7, 11) is 0. The predicted octanol–water partition coefficient (Wildman–Crippen LogP) is 0.983. The normalized spacial score (nSPS) is 12.1. The summed E-state index contributed by atoms with van der Waals surface area (Å²) in [5.74, 6) is -1.51. The van der Waals surface area contributed by atoms with Gasteiger partial charge in [-0.05, 0) is 19.1 Å². The van der Waals surface area contributed by atoms with Gasteiger partial charge in [0.05, 0.1) is 0 Å². The van der Waals surface area contributed by atoms with Crippen molar-refractivity contribution in [3.8, 4) is 11.5 Å². The highest BCUT2D eigenvalue weighted by molar-refractivity contribution is 5.77. The number of phenols is 2. The molecule has 0 radical (unpaired) electrons. The lowest BCUT2D eigenvalue weighted by Crippen LogP contribution is -2.25. The van der Waals surface area contributed by atoms with Gasteiger partial charge in [-0.1, -0.05) is 0 Å². The molecule has 1 atom stereocenters. The Morgan fingerprint density at radius 1 is 1.36 bits per heavy atom. The van der Waals surface area contributed by atoms with Gasteiger partial charge in [0.25, 0.3) is 0 Å². The molecule has 0 fully saturated rings. The molecular formula is C9H11NO4. The molecule has 14 heavy (non-hydrogen) atoms. The Bertz CT molecular complexity index is 351. The van der Waals surface area contributed by atoms with E-state index < -0.39 is 12.0 Å². The average Bonchev–Trinajstić information content (AvgIpc) is 2.11. The van der Waals surface area contributed by atoms with Gasteiger partial charge < -0.3 is 20.6 Å². The molecule has 5 nitrogen and oxygen atoms in total. The largest absolute Gasteiger partial charge is 0.504 e. The summed E-state index contributed by atoms with van der Waals surface area (Å²) in [4.78, 5) is 10.5. The van der Waals surface area contributed by atoms with Gasteiger partial charge in [-0.25, -0.2) is 0 Å². The summed E-state index contributed by atoms with van der Waals surface area (Å²) < 4.78 is 0. The smallest absolute Gasteiger partial charge is 0.325 e. The molecule has 0 heterocycles. The summed E-state index contributed by atoms with van der Waals surface area (Å²) in [5.41, 5.74) is 0.440. The zero-order valence-electron chi connectivity index (χ0n) is 7.56. The summed E-state index contributed by atoms with van der Waals surface area (Å²) >= 11 is 0. The first kappa shape index (κ1) is 10.2. The maximum Gasteiger partial charge on any atom is 0.325 e. The van der Waals surface area contributed by atoms with Crippen LogP contribution in [0.5, 0.6) is 11.5 Å². The van der Waals surface area contributed by atoms with Gasteiger partial charge in [0.15, 0.2) is 11.5 Å². The van der Waals surface area contributed by atoms with E-state index in [2.05, 4.69) is 5.32 Å². The molecule has 0 aromatic heterocycles. The maximum atomic E-state index is 10.5. The number of hydrogen-bond donors (Lipinski definition) is 4. The van der Waals surface area contributed by atoms with Crippen LogP contribution >= 0.6 is 0 Å².